The molecule has 27 heavy (non-hydrogen) atoms. The smallest absolute Gasteiger partial charge is 0.416 e. The molecule has 2 aliphatic rings. The highest BCUT2D eigenvalue weighted by atomic mass is 32.2. The lowest BCUT2D eigenvalue weighted by Gasteiger charge is -2.24. The number of carbonyl (C=O) groups excluding carboxylic acids is 1. The number of alkyl halides is 3. The summed E-state index contributed by atoms with van der Waals surface area (Å²) in [6.07, 6.45) is -3.79. The van der Waals surface area contributed by atoms with Crippen LogP contribution in [0.3, 0.4) is 0 Å². The van der Waals surface area contributed by atoms with Gasteiger partial charge in [0.15, 0.2) is 11.5 Å². The van der Waals surface area contributed by atoms with Crippen molar-refractivity contribution in [2.45, 2.75) is 29.7 Å². The van der Waals surface area contributed by atoms with E-state index in [0.29, 0.717) is 40.6 Å². The van der Waals surface area contributed by atoms with Crippen molar-refractivity contribution >= 4 is 23.4 Å². The van der Waals surface area contributed by atoms with Crippen molar-refractivity contribution in [1.29, 1.82) is 0 Å². The highest BCUT2D eigenvalue weighted by Gasteiger charge is 2.34. The summed E-state index contributed by atoms with van der Waals surface area (Å²) in [6, 6.07) is 8.38. The Bertz CT molecular complexity index is 900. The lowest BCUT2D eigenvalue weighted by molar-refractivity contribution is -0.137. The fourth-order valence-corrected chi connectivity index (χ4v) is 4.20. The van der Waals surface area contributed by atoms with E-state index in [0.717, 1.165) is 12.1 Å². The third kappa shape index (κ3) is 3.45. The number of nitrogens with zero attached hydrogens (tertiary/aromatic N) is 1. The van der Waals surface area contributed by atoms with Gasteiger partial charge in [-0.15, -0.1) is 11.8 Å². The number of benzene rings is 2. The molecule has 2 aromatic rings. The molecule has 0 spiro atoms. The number of amides is 1. The maximum Gasteiger partial charge on any atom is 0.416 e. The molecule has 2 heterocycles. The zero-order valence-electron chi connectivity index (χ0n) is 14.4. The average Bonchev–Trinajstić information content (AvgIpc) is 3.02. The molecule has 8 heteroatoms. The van der Waals surface area contributed by atoms with E-state index in [1.807, 2.05) is 6.92 Å². The quantitative estimate of drug-likeness (QED) is 0.684. The Labute approximate surface area is 158 Å². The van der Waals surface area contributed by atoms with Crippen LogP contribution < -0.4 is 14.4 Å². The number of rotatable bonds is 1. The molecule has 142 valence electrons. The molecule has 0 fully saturated rings. The summed E-state index contributed by atoms with van der Waals surface area (Å²) in [6.45, 7) is 2.43. The number of ether oxygens (including phenoxy) is 2. The number of hydrogen-bond donors (Lipinski definition) is 0. The average molecular weight is 395 g/mol. The van der Waals surface area contributed by atoms with Gasteiger partial charge in [0.2, 0.25) is 6.79 Å². The third-order valence-corrected chi connectivity index (χ3v) is 5.77. The Morgan fingerprint density at radius 2 is 1.93 bits per heavy atom. The molecule has 0 N–H and O–H groups in total. The van der Waals surface area contributed by atoms with Crippen LogP contribution >= 0.6 is 11.8 Å². The third-order valence-electron chi connectivity index (χ3n) is 4.53. The molecule has 0 aliphatic carbocycles. The van der Waals surface area contributed by atoms with Crippen LogP contribution in [0.1, 0.15) is 29.3 Å². The number of halogens is 3. The van der Waals surface area contributed by atoms with Gasteiger partial charge >= 0.3 is 6.18 Å². The van der Waals surface area contributed by atoms with E-state index in [1.165, 1.54) is 22.7 Å². The van der Waals surface area contributed by atoms with Crippen molar-refractivity contribution < 1.29 is 27.4 Å². The molecular weight excluding hydrogens is 379 g/mol. The summed E-state index contributed by atoms with van der Waals surface area (Å²) in [7, 11) is 0. The molecular formula is C19H16F3NO3S. The van der Waals surface area contributed by atoms with Crippen molar-refractivity contribution in [3.8, 4) is 11.5 Å². The maximum absolute atomic E-state index is 13.2. The molecule has 0 saturated carbocycles. The van der Waals surface area contributed by atoms with Gasteiger partial charge in [0.25, 0.3) is 5.91 Å². The lowest BCUT2D eigenvalue weighted by atomic mass is 10.1. The van der Waals surface area contributed by atoms with E-state index in [2.05, 4.69) is 0 Å². The molecule has 2 aliphatic heterocycles. The van der Waals surface area contributed by atoms with Crippen LogP contribution in [0.25, 0.3) is 0 Å². The van der Waals surface area contributed by atoms with E-state index in [4.69, 9.17) is 9.47 Å². The van der Waals surface area contributed by atoms with Crippen LogP contribution in [-0.2, 0) is 6.18 Å². The monoisotopic (exact) mass is 395 g/mol. The van der Waals surface area contributed by atoms with Gasteiger partial charge in [-0.25, -0.2) is 0 Å². The van der Waals surface area contributed by atoms with E-state index in [1.54, 1.807) is 18.2 Å². The number of hydrogen-bond acceptors (Lipinski definition) is 4. The zero-order chi connectivity index (χ0) is 19.2. The molecule has 1 amide bonds. The highest BCUT2D eigenvalue weighted by molar-refractivity contribution is 8.00. The Morgan fingerprint density at radius 3 is 2.70 bits per heavy atom. The van der Waals surface area contributed by atoms with Crippen LogP contribution in [0.2, 0.25) is 0 Å². The standard InChI is InChI=1S/C19H16F3NO3S/c1-11-6-7-23(14-9-13(19(20,21)22)3-5-17(14)27-11)18(24)12-2-4-15-16(8-12)26-10-25-15/h2-5,8-9,11H,6-7,10H2,1H3. The Balaban J connectivity index is 1.75. The minimum atomic E-state index is -4.47. The van der Waals surface area contributed by atoms with Crippen LogP contribution in [0.15, 0.2) is 41.3 Å². The van der Waals surface area contributed by atoms with Gasteiger partial charge in [-0.05, 0) is 42.8 Å². The topological polar surface area (TPSA) is 38.8 Å². The largest absolute Gasteiger partial charge is 0.454 e. The zero-order valence-corrected chi connectivity index (χ0v) is 15.2. The molecule has 0 bridgehead atoms. The summed E-state index contributed by atoms with van der Waals surface area (Å²) in [5, 5.41) is 0.190. The predicted octanol–water partition coefficient (Wildman–Crippen LogP) is 4.97. The van der Waals surface area contributed by atoms with E-state index in [-0.39, 0.29) is 18.0 Å². The summed E-state index contributed by atoms with van der Waals surface area (Å²) < 4.78 is 50.1. The number of anilines is 1. The first-order chi connectivity index (χ1) is 12.8. The first-order valence-corrected chi connectivity index (χ1v) is 9.30. The fraction of sp³-hybridized carbons (Fsp3) is 0.316. The minimum Gasteiger partial charge on any atom is -0.454 e. The molecule has 1 atom stereocenters. The first kappa shape index (κ1) is 18.0. The molecule has 4 rings (SSSR count). The predicted molar refractivity (Wildman–Crippen MR) is 95.6 cm³/mol. The number of thioether (sulfide) groups is 1. The van der Waals surface area contributed by atoms with E-state index in [9.17, 15) is 18.0 Å². The van der Waals surface area contributed by atoms with Crippen molar-refractivity contribution in [2.24, 2.45) is 0 Å². The minimum absolute atomic E-state index is 0.0859. The van der Waals surface area contributed by atoms with Gasteiger partial charge in [-0.3, -0.25) is 4.79 Å². The van der Waals surface area contributed by atoms with Crippen molar-refractivity contribution in [3.63, 3.8) is 0 Å². The normalized spacial score (nSPS) is 18.8. The van der Waals surface area contributed by atoms with Gasteiger partial charge < -0.3 is 14.4 Å². The Kier molecular flexibility index (Phi) is 4.46. The van der Waals surface area contributed by atoms with Crippen LogP contribution in [-0.4, -0.2) is 24.5 Å². The Morgan fingerprint density at radius 1 is 1.15 bits per heavy atom. The first-order valence-electron chi connectivity index (χ1n) is 8.42. The Hall–Kier alpha value is -2.35. The van der Waals surface area contributed by atoms with Gasteiger partial charge in [0, 0.05) is 22.3 Å². The molecule has 4 nitrogen and oxygen atoms in total. The second kappa shape index (κ2) is 6.67. The van der Waals surface area contributed by atoms with Crippen LogP contribution in [0, 0.1) is 0 Å². The van der Waals surface area contributed by atoms with E-state index >= 15 is 0 Å². The van der Waals surface area contributed by atoms with E-state index < -0.39 is 11.7 Å². The number of carbonyl (C=O) groups is 1. The maximum atomic E-state index is 13.2. The second-order valence-electron chi connectivity index (χ2n) is 6.42. The van der Waals surface area contributed by atoms with Crippen LogP contribution in [0.5, 0.6) is 11.5 Å². The molecule has 1 unspecified atom stereocenters. The molecule has 0 aromatic heterocycles. The second-order valence-corrected chi connectivity index (χ2v) is 7.90. The van der Waals surface area contributed by atoms with Crippen molar-refractivity contribution in [2.75, 3.05) is 18.2 Å². The van der Waals surface area contributed by atoms with Gasteiger partial charge in [0.05, 0.1) is 11.3 Å². The molecule has 2 aromatic carbocycles. The van der Waals surface area contributed by atoms with Crippen LogP contribution in [0.4, 0.5) is 18.9 Å². The lowest BCUT2D eigenvalue weighted by Crippen LogP contribution is -2.32. The van der Waals surface area contributed by atoms with Gasteiger partial charge in [-0.2, -0.15) is 13.2 Å². The van der Waals surface area contributed by atoms with Crippen molar-refractivity contribution in [3.05, 3.63) is 47.5 Å². The van der Waals surface area contributed by atoms with Crippen molar-refractivity contribution in [1.82, 2.24) is 0 Å². The molecule has 0 radical (unpaired) electrons. The molecule has 0 saturated heterocycles. The summed E-state index contributed by atoms with van der Waals surface area (Å²) >= 11 is 1.48. The SMILES string of the molecule is CC1CCN(C(=O)c2ccc3c(c2)OCO3)c2cc(C(F)(F)F)ccc2S1. The number of fused-ring (bicyclic) bond motifs is 2. The van der Waals surface area contributed by atoms with Gasteiger partial charge in [0.1, 0.15) is 0 Å². The summed E-state index contributed by atoms with van der Waals surface area (Å²) in [5.74, 6) is 0.651. The summed E-state index contributed by atoms with van der Waals surface area (Å²) in [5.41, 5.74) is -0.121. The summed E-state index contributed by atoms with van der Waals surface area (Å²) in [4.78, 5) is 15.2. The van der Waals surface area contributed by atoms with Gasteiger partial charge in [-0.1, -0.05) is 6.92 Å². The fourth-order valence-electron chi connectivity index (χ4n) is 3.11. The highest BCUT2D eigenvalue weighted by Crippen LogP contribution is 2.42.